The van der Waals surface area contributed by atoms with E-state index in [0.29, 0.717) is 18.8 Å². The molecule has 0 spiro atoms. The Balaban J connectivity index is 2.07. The Morgan fingerprint density at radius 1 is 1.36 bits per heavy atom. The number of para-hydroxylation sites is 1. The van der Waals surface area contributed by atoms with Crippen molar-refractivity contribution in [2.75, 3.05) is 32.6 Å². The fraction of sp³-hybridized carbons (Fsp3) is 0.538. The average Bonchev–Trinajstić information content (AvgIpc) is 2.48. The van der Waals surface area contributed by atoms with Gasteiger partial charge in [-0.1, -0.05) is 18.2 Å². The summed E-state index contributed by atoms with van der Waals surface area (Å²) in [4.78, 5) is 10.5. The van der Waals surface area contributed by atoms with Gasteiger partial charge in [0, 0.05) is 25.2 Å². The molecule has 1 saturated heterocycles. The van der Waals surface area contributed by atoms with Crippen LogP contribution in [0.4, 0.5) is 5.69 Å². The van der Waals surface area contributed by atoms with Crippen molar-refractivity contribution < 1.29 is 22.8 Å². The molecule has 9 heteroatoms. The molecule has 1 aliphatic rings. The van der Waals surface area contributed by atoms with E-state index >= 15 is 0 Å². The van der Waals surface area contributed by atoms with Crippen LogP contribution in [0.3, 0.4) is 0 Å². The first-order chi connectivity index (χ1) is 10.4. The lowest BCUT2D eigenvalue weighted by Crippen LogP contribution is -2.39. The molecule has 0 bridgehead atoms. The van der Waals surface area contributed by atoms with Crippen molar-refractivity contribution in [3.8, 4) is 0 Å². The van der Waals surface area contributed by atoms with Crippen LogP contribution in [0.5, 0.6) is 0 Å². The van der Waals surface area contributed by atoms with Gasteiger partial charge in [0.05, 0.1) is 36.6 Å². The maximum Gasteiger partial charge on any atom is 0.273 e. The maximum atomic E-state index is 12.3. The largest absolute Gasteiger partial charge is 0.376 e. The van der Waals surface area contributed by atoms with Gasteiger partial charge in [0.2, 0.25) is 10.0 Å². The Bertz CT molecular complexity index is 627. The molecule has 0 saturated carbocycles. The summed E-state index contributed by atoms with van der Waals surface area (Å²) in [5.41, 5.74) is 0.251. The molecule has 0 aromatic heterocycles. The third-order valence-corrected chi connectivity index (χ3v) is 5.21. The first kappa shape index (κ1) is 16.8. The number of ether oxygens (including phenoxy) is 2. The Morgan fingerprint density at radius 3 is 2.73 bits per heavy atom. The number of nitrogens with zero attached hydrogens (tertiary/aromatic N) is 2. The normalized spacial score (nSPS) is 19.3. The van der Waals surface area contributed by atoms with Crippen molar-refractivity contribution in [2.45, 2.75) is 12.6 Å². The molecular formula is C13H18N2O6S. The van der Waals surface area contributed by atoms with E-state index in [2.05, 4.69) is 0 Å². The Kier molecular flexibility index (Phi) is 5.46. The molecule has 1 heterocycles. The van der Waals surface area contributed by atoms with E-state index in [-0.39, 0.29) is 24.6 Å². The highest BCUT2D eigenvalue weighted by Gasteiger charge is 2.27. The standard InChI is InChI=1S/C13H18N2O6S/c1-14(8-11-4-2-3-5-13(11)15(16)17)22(18,19)10-12-9-20-6-7-21-12/h2-5,12H,6-10H2,1H3. The van der Waals surface area contributed by atoms with Gasteiger partial charge in [-0.2, -0.15) is 0 Å². The van der Waals surface area contributed by atoms with Gasteiger partial charge in [0.1, 0.15) is 0 Å². The van der Waals surface area contributed by atoms with Gasteiger partial charge in [-0.25, -0.2) is 12.7 Å². The zero-order valence-electron chi connectivity index (χ0n) is 12.2. The van der Waals surface area contributed by atoms with Crippen molar-refractivity contribution in [3.63, 3.8) is 0 Å². The number of hydrogen-bond acceptors (Lipinski definition) is 6. The van der Waals surface area contributed by atoms with Gasteiger partial charge < -0.3 is 9.47 Å². The molecule has 0 aliphatic carbocycles. The summed E-state index contributed by atoms with van der Waals surface area (Å²) in [5, 5.41) is 11.0. The molecule has 0 radical (unpaired) electrons. The second kappa shape index (κ2) is 7.14. The van der Waals surface area contributed by atoms with Crippen LogP contribution >= 0.6 is 0 Å². The Labute approximate surface area is 128 Å². The van der Waals surface area contributed by atoms with Gasteiger partial charge in [-0.15, -0.1) is 0 Å². The van der Waals surface area contributed by atoms with E-state index in [1.54, 1.807) is 18.2 Å². The first-order valence-corrected chi connectivity index (χ1v) is 8.37. The van der Waals surface area contributed by atoms with Crippen molar-refractivity contribution >= 4 is 15.7 Å². The molecule has 1 aliphatic heterocycles. The van der Waals surface area contributed by atoms with Gasteiger partial charge in [-0.05, 0) is 0 Å². The minimum atomic E-state index is -3.59. The van der Waals surface area contributed by atoms with Crippen LogP contribution in [0.1, 0.15) is 5.56 Å². The molecule has 0 N–H and O–H groups in total. The van der Waals surface area contributed by atoms with Crippen LogP contribution in [0.25, 0.3) is 0 Å². The summed E-state index contributed by atoms with van der Waals surface area (Å²) in [7, 11) is -2.20. The molecule has 2 rings (SSSR count). The zero-order valence-corrected chi connectivity index (χ0v) is 13.0. The summed E-state index contributed by atoms with van der Waals surface area (Å²) in [6.07, 6.45) is -0.507. The quantitative estimate of drug-likeness (QED) is 0.564. The number of benzene rings is 1. The second-order valence-corrected chi connectivity index (χ2v) is 7.11. The maximum absolute atomic E-state index is 12.3. The highest BCUT2D eigenvalue weighted by atomic mass is 32.2. The minimum Gasteiger partial charge on any atom is -0.376 e. The van der Waals surface area contributed by atoms with Gasteiger partial charge in [-0.3, -0.25) is 10.1 Å². The zero-order chi connectivity index (χ0) is 16.2. The van der Waals surface area contributed by atoms with Crippen molar-refractivity contribution in [1.29, 1.82) is 0 Å². The van der Waals surface area contributed by atoms with E-state index in [1.807, 2.05) is 0 Å². The molecule has 8 nitrogen and oxygen atoms in total. The first-order valence-electron chi connectivity index (χ1n) is 6.76. The average molecular weight is 330 g/mol. The number of hydrogen-bond donors (Lipinski definition) is 0. The number of nitro benzene ring substituents is 1. The fourth-order valence-corrected chi connectivity index (χ4v) is 3.41. The fourth-order valence-electron chi connectivity index (χ4n) is 2.16. The Hall–Kier alpha value is -1.55. The lowest BCUT2D eigenvalue weighted by molar-refractivity contribution is -0.385. The van der Waals surface area contributed by atoms with Gasteiger partial charge in [0.15, 0.2) is 0 Å². The van der Waals surface area contributed by atoms with Crippen molar-refractivity contribution in [3.05, 3.63) is 39.9 Å². The predicted molar refractivity (Wildman–Crippen MR) is 78.9 cm³/mol. The molecular weight excluding hydrogens is 312 g/mol. The summed E-state index contributed by atoms with van der Waals surface area (Å²) >= 11 is 0. The highest BCUT2D eigenvalue weighted by Crippen LogP contribution is 2.20. The summed E-state index contributed by atoms with van der Waals surface area (Å²) in [5.74, 6) is -0.204. The molecule has 122 valence electrons. The van der Waals surface area contributed by atoms with Crippen LogP contribution in [0.2, 0.25) is 0 Å². The van der Waals surface area contributed by atoms with Crippen molar-refractivity contribution in [1.82, 2.24) is 4.31 Å². The van der Waals surface area contributed by atoms with Crippen LogP contribution in [0.15, 0.2) is 24.3 Å². The van der Waals surface area contributed by atoms with E-state index in [1.165, 1.54) is 13.1 Å². The number of nitro groups is 1. The van der Waals surface area contributed by atoms with Crippen LogP contribution in [0, 0.1) is 10.1 Å². The monoisotopic (exact) mass is 330 g/mol. The Morgan fingerprint density at radius 2 is 2.09 bits per heavy atom. The molecule has 1 atom stereocenters. The molecule has 1 aromatic carbocycles. The molecule has 1 aromatic rings. The van der Waals surface area contributed by atoms with E-state index in [9.17, 15) is 18.5 Å². The van der Waals surface area contributed by atoms with E-state index < -0.39 is 21.1 Å². The molecule has 0 amide bonds. The van der Waals surface area contributed by atoms with Gasteiger partial charge in [0.25, 0.3) is 5.69 Å². The summed E-state index contributed by atoms with van der Waals surface area (Å²) < 4.78 is 36.2. The predicted octanol–water partition coefficient (Wildman–Crippen LogP) is 0.772. The lowest BCUT2D eigenvalue weighted by atomic mass is 10.2. The van der Waals surface area contributed by atoms with E-state index in [0.717, 1.165) is 4.31 Å². The highest BCUT2D eigenvalue weighted by molar-refractivity contribution is 7.89. The van der Waals surface area contributed by atoms with Crippen molar-refractivity contribution in [2.24, 2.45) is 0 Å². The minimum absolute atomic E-state index is 0.0624. The van der Waals surface area contributed by atoms with Crippen LogP contribution in [-0.4, -0.2) is 56.4 Å². The topological polar surface area (TPSA) is 99.0 Å². The van der Waals surface area contributed by atoms with E-state index in [4.69, 9.17) is 9.47 Å². The van der Waals surface area contributed by atoms with Crippen LogP contribution < -0.4 is 0 Å². The smallest absolute Gasteiger partial charge is 0.273 e. The lowest BCUT2D eigenvalue weighted by Gasteiger charge is -2.25. The molecule has 1 fully saturated rings. The number of rotatable bonds is 6. The SMILES string of the molecule is CN(Cc1ccccc1[N+](=O)[O-])S(=O)(=O)CC1COCCO1. The second-order valence-electron chi connectivity index (χ2n) is 4.99. The van der Waals surface area contributed by atoms with Gasteiger partial charge >= 0.3 is 0 Å². The van der Waals surface area contributed by atoms with Crippen LogP contribution in [-0.2, 0) is 26.0 Å². The third kappa shape index (κ3) is 4.23. The molecule has 22 heavy (non-hydrogen) atoms. The molecule has 1 unspecified atom stereocenters. The summed E-state index contributed by atoms with van der Waals surface area (Å²) in [6, 6.07) is 6.09. The third-order valence-electron chi connectivity index (χ3n) is 3.34. The summed E-state index contributed by atoms with van der Waals surface area (Å²) in [6.45, 7) is 1.00. The number of sulfonamides is 1.